The lowest BCUT2D eigenvalue weighted by molar-refractivity contribution is -0.149. The van der Waals surface area contributed by atoms with Crippen molar-refractivity contribution in [1.82, 2.24) is 4.90 Å². The lowest BCUT2D eigenvalue weighted by Gasteiger charge is -2.30. The number of rotatable bonds is 6. The van der Waals surface area contributed by atoms with Crippen LogP contribution in [-0.4, -0.2) is 43.1 Å². The number of hydrogen-bond donors (Lipinski definition) is 0. The molecule has 0 saturated carbocycles. The summed E-state index contributed by atoms with van der Waals surface area (Å²) in [6, 6.07) is 8.84. The van der Waals surface area contributed by atoms with Crippen LogP contribution in [0.5, 0.6) is 5.75 Å². The van der Waals surface area contributed by atoms with E-state index in [0.29, 0.717) is 36.9 Å². The molecule has 0 N–H and O–H groups in total. The molecule has 1 aromatic rings. The van der Waals surface area contributed by atoms with Crippen LogP contribution in [0.4, 0.5) is 0 Å². The van der Waals surface area contributed by atoms with Crippen LogP contribution in [0.2, 0.25) is 0 Å². The molecule has 0 aliphatic carbocycles. The third-order valence-corrected chi connectivity index (χ3v) is 4.31. The summed E-state index contributed by atoms with van der Waals surface area (Å²) < 4.78 is 10.4. The number of nitriles is 1. The van der Waals surface area contributed by atoms with Crippen molar-refractivity contribution < 1.29 is 19.1 Å². The average molecular weight is 356 g/mol. The second kappa shape index (κ2) is 9.62. The van der Waals surface area contributed by atoms with Gasteiger partial charge >= 0.3 is 5.97 Å². The molecule has 2 rings (SSSR count). The number of carbonyl (C=O) groups excluding carboxylic acids is 2. The predicted molar refractivity (Wildman–Crippen MR) is 97.1 cm³/mol. The van der Waals surface area contributed by atoms with Gasteiger partial charge in [0, 0.05) is 13.1 Å². The van der Waals surface area contributed by atoms with Crippen LogP contribution >= 0.6 is 0 Å². The first kappa shape index (κ1) is 19.5. The van der Waals surface area contributed by atoms with Crippen LogP contribution in [0.25, 0.3) is 6.08 Å². The number of ether oxygens (including phenoxy) is 2. The highest BCUT2D eigenvalue weighted by molar-refractivity contribution is 5.98. The van der Waals surface area contributed by atoms with E-state index >= 15 is 0 Å². The molecule has 0 aromatic heterocycles. The molecule has 0 atom stereocenters. The molecule has 0 unspecified atom stereocenters. The van der Waals surface area contributed by atoms with Gasteiger partial charge < -0.3 is 14.4 Å². The maximum absolute atomic E-state index is 12.1. The Morgan fingerprint density at radius 3 is 2.50 bits per heavy atom. The summed E-state index contributed by atoms with van der Waals surface area (Å²) in [5.41, 5.74) is 0.535. The number of likely N-dealkylation sites (tertiary alicyclic amines) is 1. The van der Waals surface area contributed by atoms with Gasteiger partial charge in [-0.2, -0.15) is 5.26 Å². The molecule has 138 valence electrons. The Bertz CT molecular complexity index is 696. The quantitative estimate of drug-likeness (QED) is 0.445. The lowest BCUT2D eigenvalue weighted by Crippen LogP contribution is -2.40. The van der Waals surface area contributed by atoms with E-state index in [2.05, 4.69) is 6.92 Å². The maximum Gasteiger partial charge on any atom is 0.349 e. The molecule has 0 bridgehead atoms. The summed E-state index contributed by atoms with van der Waals surface area (Å²) in [6.45, 7) is 5.65. The van der Waals surface area contributed by atoms with E-state index in [9.17, 15) is 14.9 Å². The number of benzene rings is 1. The number of carbonyl (C=O) groups is 2. The van der Waals surface area contributed by atoms with Crippen molar-refractivity contribution in [3.05, 3.63) is 35.4 Å². The molecule has 1 amide bonds. The van der Waals surface area contributed by atoms with E-state index in [1.807, 2.05) is 13.0 Å². The number of esters is 1. The first-order chi connectivity index (χ1) is 12.5. The first-order valence-corrected chi connectivity index (χ1v) is 8.83. The van der Waals surface area contributed by atoms with Crippen molar-refractivity contribution in [2.45, 2.75) is 26.7 Å². The average Bonchev–Trinajstić information content (AvgIpc) is 2.66. The molecule has 0 spiro atoms. The van der Waals surface area contributed by atoms with Gasteiger partial charge in [-0.1, -0.05) is 19.1 Å². The predicted octanol–water partition coefficient (Wildman–Crippen LogP) is 2.79. The van der Waals surface area contributed by atoms with Crippen molar-refractivity contribution in [1.29, 1.82) is 5.26 Å². The number of amides is 1. The highest BCUT2D eigenvalue weighted by Crippen LogP contribution is 2.17. The lowest BCUT2D eigenvalue weighted by atomic mass is 9.99. The highest BCUT2D eigenvalue weighted by atomic mass is 16.5. The first-order valence-electron chi connectivity index (χ1n) is 8.83. The van der Waals surface area contributed by atoms with E-state index in [1.165, 1.54) is 6.08 Å². The third kappa shape index (κ3) is 5.62. The Morgan fingerprint density at radius 2 is 1.92 bits per heavy atom. The van der Waals surface area contributed by atoms with E-state index in [4.69, 9.17) is 9.47 Å². The zero-order valence-corrected chi connectivity index (χ0v) is 15.2. The van der Waals surface area contributed by atoms with Crippen molar-refractivity contribution in [3.63, 3.8) is 0 Å². The van der Waals surface area contributed by atoms with Gasteiger partial charge in [0.25, 0.3) is 5.91 Å². The van der Waals surface area contributed by atoms with Crippen LogP contribution in [0.1, 0.15) is 32.3 Å². The minimum atomic E-state index is -0.792. The Hall–Kier alpha value is -2.81. The zero-order chi connectivity index (χ0) is 18.9. The summed E-state index contributed by atoms with van der Waals surface area (Å²) in [4.78, 5) is 25.9. The van der Waals surface area contributed by atoms with Crippen molar-refractivity contribution >= 4 is 18.0 Å². The topological polar surface area (TPSA) is 79.6 Å². The number of piperidine rings is 1. The maximum atomic E-state index is 12.1. The molecular weight excluding hydrogens is 332 g/mol. The van der Waals surface area contributed by atoms with Gasteiger partial charge in [0.1, 0.15) is 17.4 Å². The summed E-state index contributed by atoms with van der Waals surface area (Å²) in [5, 5.41) is 9.20. The van der Waals surface area contributed by atoms with Gasteiger partial charge in [-0.3, -0.25) is 4.79 Å². The van der Waals surface area contributed by atoms with Crippen molar-refractivity contribution in [2.24, 2.45) is 5.92 Å². The molecule has 1 aliphatic rings. The fourth-order valence-electron chi connectivity index (χ4n) is 2.68. The van der Waals surface area contributed by atoms with Crippen LogP contribution in [0.15, 0.2) is 29.8 Å². The standard InChI is InChI=1S/C20H24N2O4/c1-3-25-18-6-4-16(5-7-18)12-17(13-21)20(24)26-14-19(23)22-10-8-15(2)9-11-22/h4-7,12,15H,3,8-11,14H2,1-2H3/b17-12+. The second-order valence-corrected chi connectivity index (χ2v) is 6.31. The molecule has 1 aromatic carbocycles. The van der Waals surface area contributed by atoms with Crippen LogP contribution in [0, 0.1) is 17.2 Å². The molecule has 1 aliphatic heterocycles. The molecule has 1 fully saturated rings. The second-order valence-electron chi connectivity index (χ2n) is 6.31. The van der Waals surface area contributed by atoms with E-state index in [1.54, 1.807) is 29.2 Å². The number of hydrogen-bond acceptors (Lipinski definition) is 5. The number of nitrogens with zero attached hydrogens (tertiary/aromatic N) is 2. The molecule has 26 heavy (non-hydrogen) atoms. The normalized spacial score (nSPS) is 15.3. The Morgan fingerprint density at radius 1 is 1.27 bits per heavy atom. The van der Waals surface area contributed by atoms with Crippen LogP contribution in [0.3, 0.4) is 0 Å². The van der Waals surface area contributed by atoms with Crippen molar-refractivity contribution in [2.75, 3.05) is 26.3 Å². The minimum Gasteiger partial charge on any atom is -0.494 e. The SMILES string of the molecule is CCOc1ccc(/C=C(\C#N)C(=O)OCC(=O)N2CCC(C)CC2)cc1. The van der Waals surface area contributed by atoms with Gasteiger partial charge in [-0.15, -0.1) is 0 Å². The van der Waals surface area contributed by atoms with Gasteiger partial charge in [0.2, 0.25) is 0 Å². The van der Waals surface area contributed by atoms with E-state index in [-0.39, 0.29) is 18.1 Å². The fourth-order valence-corrected chi connectivity index (χ4v) is 2.68. The van der Waals surface area contributed by atoms with Crippen molar-refractivity contribution in [3.8, 4) is 11.8 Å². The van der Waals surface area contributed by atoms with E-state index in [0.717, 1.165) is 12.8 Å². The molecule has 6 heteroatoms. The highest BCUT2D eigenvalue weighted by Gasteiger charge is 2.22. The zero-order valence-electron chi connectivity index (χ0n) is 15.2. The summed E-state index contributed by atoms with van der Waals surface area (Å²) >= 11 is 0. The van der Waals surface area contributed by atoms with Gasteiger partial charge in [-0.05, 0) is 49.5 Å². The van der Waals surface area contributed by atoms with Gasteiger partial charge in [-0.25, -0.2) is 4.79 Å². The Labute approximate surface area is 154 Å². The Balaban J connectivity index is 1.91. The summed E-state index contributed by atoms with van der Waals surface area (Å²) in [6.07, 6.45) is 3.35. The monoisotopic (exact) mass is 356 g/mol. The van der Waals surface area contributed by atoms with Gasteiger partial charge in [0.05, 0.1) is 6.61 Å². The largest absolute Gasteiger partial charge is 0.494 e. The minimum absolute atomic E-state index is 0.144. The molecule has 6 nitrogen and oxygen atoms in total. The van der Waals surface area contributed by atoms with Crippen LogP contribution in [-0.2, 0) is 14.3 Å². The van der Waals surface area contributed by atoms with Gasteiger partial charge in [0.15, 0.2) is 6.61 Å². The third-order valence-electron chi connectivity index (χ3n) is 4.31. The summed E-state index contributed by atoms with van der Waals surface area (Å²) in [5.74, 6) is 0.319. The smallest absolute Gasteiger partial charge is 0.349 e. The van der Waals surface area contributed by atoms with E-state index < -0.39 is 5.97 Å². The van der Waals surface area contributed by atoms with Crippen LogP contribution < -0.4 is 4.74 Å². The molecule has 0 radical (unpaired) electrons. The Kier molecular flexibility index (Phi) is 7.22. The fraction of sp³-hybridized carbons (Fsp3) is 0.450. The summed E-state index contributed by atoms with van der Waals surface area (Å²) in [7, 11) is 0. The molecule has 1 saturated heterocycles. The molecular formula is C20H24N2O4. The molecule has 1 heterocycles.